The molecule has 0 spiro atoms. The van der Waals surface area contributed by atoms with Crippen LogP contribution in [0.1, 0.15) is 17.3 Å². The van der Waals surface area contributed by atoms with Gasteiger partial charge in [-0.2, -0.15) is 0 Å². The molecule has 4 aromatic rings. The van der Waals surface area contributed by atoms with E-state index in [1.54, 1.807) is 4.90 Å². The number of nitrogens with one attached hydrogen (secondary N) is 1. The van der Waals surface area contributed by atoms with Gasteiger partial charge in [0.25, 0.3) is 5.69 Å². The molecule has 0 amide bonds. The summed E-state index contributed by atoms with van der Waals surface area (Å²) in [5.41, 5.74) is -1.22. The SMILES string of the molecule is CC1CN(c2cc3c(cc2F)c(=O)c(C(=O)O)cn3-c2ccc(F)cc2F)CCN1C(=S)Nc1ccc([N+](=O)[O-])cc1. The van der Waals surface area contributed by atoms with E-state index >= 15 is 4.39 Å². The summed E-state index contributed by atoms with van der Waals surface area (Å²) in [6.07, 6.45) is 0.938. The van der Waals surface area contributed by atoms with E-state index in [0.717, 1.165) is 29.0 Å². The fraction of sp³-hybridized carbons (Fsp3) is 0.179. The Morgan fingerprint density at radius 3 is 2.36 bits per heavy atom. The van der Waals surface area contributed by atoms with E-state index in [0.29, 0.717) is 36.5 Å². The first-order chi connectivity index (χ1) is 19.9. The Balaban J connectivity index is 1.46. The third-order valence-corrected chi connectivity index (χ3v) is 7.37. The van der Waals surface area contributed by atoms with Gasteiger partial charge in [-0.15, -0.1) is 0 Å². The van der Waals surface area contributed by atoms with Crippen LogP contribution < -0.4 is 15.6 Å². The Morgan fingerprint density at radius 2 is 1.74 bits per heavy atom. The molecular weight excluding hydrogens is 575 g/mol. The number of nitro benzene ring substituents is 1. The van der Waals surface area contributed by atoms with Crippen molar-refractivity contribution in [3.05, 3.63) is 104 Å². The smallest absolute Gasteiger partial charge is 0.341 e. The zero-order chi connectivity index (χ0) is 30.3. The maximum atomic E-state index is 15.5. The largest absolute Gasteiger partial charge is 0.477 e. The van der Waals surface area contributed by atoms with Crippen LogP contribution in [0.25, 0.3) is 16.6 Å². The molecule has 1 aliphatic rings. The Hall–Kier alpha value is -4.98. The number of non-ortho nitro benzene ring substituents is 1. The quantitative estimate of drug-likeness (QED) is 0.188. The molecular formula is C28H22F3N5O5S. The summed E-state index contributed by atoms with van der Waals surface area (Å²) in [5, 5.41) is 23.6. The van der Waals surface area contributed by atoms with Crippen LogP contribution in [0.15, 0.2) is 65.6 Å². The first kappa shape index (κ1) is 28.5. The maximum Gasteiger partial charge on any atom is 0.341 e. The maximum absolute atomic E-state index is 15.5. The molecule has 1 atom stereocenters. The number of carboxylic acids is 1. The molecule has 2 heterocycles. The van der Waals surface area contributed by atoms with Crippen molar-refractivity contribution < 1.29 is 28.0 Å². The fourth-order valence-electron chi connectivity index (χ4n) is 4.94. The van der Waals surface area contributed by atoms with Gasteiger partial charge in [0.05, 0.1) is 21.8 Å². The minimum Gasteiger partial charge on any atom is -0.477 e. The zero-order valence-corrected chi connectivity index (χ0v) is 22.7. The lowest BCUT2D eigenvalue weighted by atomic mass is 10.1. The highest BCUT2D eigenvalue weighted by Gasteiger charge is 2.28. The number of pyridine rings is 1. The molecule has 1 aliphatic heterocycles. The van der Waals surface area contributed by atoms with E-state index in [2.05, 4.69) is 5.32 Å². The molecule has 1 aromatic heterocycles. The summed E-state index contributed by atoms with van der Waals surface area (Å²) in [4.78, 5) is 38.7. The lowest BCUT2D eigenvalue weighted by Crippen LogP contribution is -2.55. The highest BCUT2D eigenvalue weighted by Crippen LogP contribution is 2.30. The highest BCUT2D eigenvalue weighted by molar-refractivity contribution is 7.80. The molecule has 1 fully saturated rings. The number of carboxylic acid groups (broad SMARTS) is 1. The van der Waals surface area contributed by atoms with E-state index in [-0.39, 0.29) is 34.0 Å². The van der Waals surface area contributed by atoms with Gasteiger partial charge in [-0.3, -0.25) is 14.9 Å². The Labute approximate surface area is 241 Å². The highest BCUT2D eigenvalue weighted by atomic mass is 32.1. The molecule has 42 heavy (non-hydrogen) atoms. The number of aromatic nitrogens is 1. The normalized spacial score (nSPS) is 15.1. The molecule has 5 rings (SSSR count). The van der Waals surface area contributed by atoms with Crippen molar-refractivity contribution in [3.8, 4) is 5.69 Å². The van der Waals surface area contributed by atoms with E-state index in [1.807, 2.05) is 11.8 Å². The summed E-state index contributed by atoms with van der Waals surface area (Å²) in [7, 11) is 0. The van der Waals surface area contributed by atoms with Gasteiger partial charge in [0.15, 0.2) is 5.11 Å². The molecule has 1 saturated heterocycles. The standard InChI is InChI=1S/C28H22F3N5O5S/c1-15-13-33(8-9-34(15)28(42)32-17-3-5-18(6-4-17)36(40)41)25-12-24-19(11-22(25)31)26(37)20(27(38)39)14-35(24)23-7-2-16(29)10-21(23)30/h2-7,10-12,14-15H,8-9,13H2,1H3,(H,32,42)(H,38,39). The Morgan fingerprint density at radius 1 is 1.05 bits per heavy atom. The first-order valence-electron chi connectivity index (χ1n) is 12.6. The predicted molar refractivity (Wildman–Crippen MR) is 154 cm³/mol. The molecule has 1 unspecified atom stereocenters. The van der Waals surface area contributed by atoms with E-state index in [1.165, 1.54) is 30.3 Å². The number of nitro groups is 1. The van der Waals surface area contributed by atoms with Crippen molar-refractivity contribution in [1.82, 2.24) is 9.47 Å². The van der Waals surface area contributed by atoms with E-state index in [4.69, 9.17) is 12.2 Å². The zero-order valence-electron chi connectivity index (χ0n) is 21.9. The van der Waals surface area contributed by atoms with Crippen molar-refractivity contribution in [2.24, 2.45) is 0 Å². The van der Waals surface area contributed by atoms with Crippen LogP contribution in [0.2, 0.25) is 0 Å². The number of carbonyl (C=O) groups is 1. The van der Waals surface area contributed by atoms with Gasteiger partial charge >= 0.3 is 5.97 Å². The number of thiocarbonyl (C=S) groups is 1. The number of aromatic carboxylic acids is 1. The van der Waals surface area contributed by atoms with E-state index < -0.39 is 39.3 Å². The minimum atomic E-state index is -1.58. The van der Waals surface area contributed by atoms with E-state index in [9.17, 15) is 33.6 Å². The monoisotopic (exact) mass is 597 g/mol. The van der Waals surface area contributed by atoms with Gasteiger partial charge in [0, 0.05) is 61.1 Å². The Kier molecular flexibility index (Phi) is 7.56. The molecule has 10 nitrogen and oxygen atoms in total. The van der Waals surface area contributed by atoms with Crippen molar-refractivity contribution in [3.63, 3.8) is 0 Å². The summed E-state index contributed by atoms with van der Waals surface area (Å²) < 4.78 is 45.0. The lowest BCUT2D eigenvalue weighted by Gasteiger charge is -2.42. The topological polar surface area (TPSA) is 121 Å². The lowest BCUT2D eigenvalue weighted by molar-refractivity contribution is -0.384. The average molecular weight is 598 g/mol. The second kappa shape index (κ2) is 11.1. The molecule has 3 aromatic carbocycles. The van der Waals surface area contributed by atoms with Crippen LogP contribution >= 0.6 is 12.2 Å². The number of halogens is 3. The van der Waals surface area contributed by atoms with Crippen LogP contribution in [0, 0.1) is 27.6 Å². The number of benzene rings is 3. The summed E-state index contributed by atoms with van der Waals surface area (Å²) in [6, 6.07) is 10.5. The first-order valence-corrected chi connectivity index (χ1v) is 13.0. The molecule has 0 radical (unpaired) electrons. The molecule has 0 saturated carbocycles. The van der Waals surface area contributed by atoms with Crippen LogP contribution in [-0.4, -0.2) is 56.3 Å². The predicted octanol–water partition coefficient (Wildman–Crippen LogP) is 4.92. The van der Waals surface area contributed by atoms with Crippen LogP contribution in [0.4, 0.5) is 30.2 Å². The number of nitrogens with zero attached hydrogens (tertiary/aromatic N) is 4. The minimum absolute atomic E-state index is 0.0392. The molecule has 2 N–H and O–H groups in total. The van der Waals surface area contributed by atoms with Gasteiger partial charge in [-0.1, -0.05) is 0 Å². The van der Waals surface area contributed by atoms with Crippen molar-refractivity contribution >= 4 is 51.3 Å². The van der Waals surface area contributed by atoms with Gasteiger partial charge in [-0.25, -0.2) is 18.0 Å². The van der Waals surface area contributed by atoms with Gasteiger partial charge in [0.1, 0.15) is 23.0 Å². The summed E-state index contributed by atoms with van der Waals surface area (Å²) in [5.74, 6) is -4.20. The molecule has 0 aliphatic carbocycles. The summed E-state index contributed by atoms with van der Waals surface area (Å²) >= 11 is 5.54. The number of piperazine rings is 1. The second-order valence-electron chi connectivity index (χ2n) is 9.69. The Bertz CT molecular complexity index is 1810. The number of fused-ring (bicyclic) bond motifs is 1. The van der Waals surface area contributed by atoms with Crippen molar-refractivity contribution in [2.45, 2.75) is 13.0 Å². The van der Waals surface area contributed by atoms with Crippen LogP contribution in [0.5, 0.6) is 0 Å². The van der Waals surface area contributed by atoms with Crippen molar-refractivity contribution in [2.75, 3.05) is 29.9 Å². The van der Waals surface area contributed by atoms with Gasteiger partial charge in [0.2, 0.25) is 5.43 Å². The number of hydrogen-bond acceptors (Lipinski definition) is 6. The average Bonchev–Trinajstić information content (AvgIpc) is 2.93. The second-order valence-corrected chi connectivity index (χ2v) is 10.1. The molecule has 14 heteroatoms. The van der Waals surface area contributed by atoms with Crippen molar-refractivity contribution in [1.29, 1.82) is 0 Å². The third-order valence-electron chi connectivity index (χ3n) is 7.03. The van der Waals surface area contributed by atoms with Gasteiger partial charge in [-0.05, 0) is 55.5 Å². The molecule has 216 valence electrons. The number of anilines is 2. The number of rotatable bonds is 5. The fourth-order valence-corrected chi connectivity index (χ4v) is 5.33. The third kappa shape index (κ3) is 5.35. The number of hydrogen-bond donors (Lipinski definition) is 2. The summed E-state index contributed by atoms with van der Waals surface area (Å²) in [6.45, 7) is 2.84. The van der Waals surface area contributed by atoms with Crippen LogP contribution in [0.3, 0.4) is 0 Å². The van der Waals surface area contributed by atoms with Crippen LogP contribution in [-0.2, 0) is 0 Å². The van der Waals surface area contributed by atoms with Gasteiger partial charge < -0.3 is 24.8 Å². The molecule has 0 bridgehead atoms.